The number of nitrogens with one attached hydrogen (secondary N) is 1. The van der Waals surface area contributed by atoms with E-state index in [0.717, 1.165) is 16.9 Å². The van der Waals surface area contributed by atoms with Gasteiger partial charge in [0.1, 0.15) is 5.75 Å². The highest BCUT2D eigenvalue weighted by Crippen LogP contribution is 2.25. The number of carbonyl (C=O) groups excluding carboxylic acids is 1. The van der Waals surface area contributed by atoms with E-state index < -0.39 is 0 Å². The second-order valence-corrected chi connectivity index (χ2v) is 7.07. The topological polar surface area (TPSA) is 81.4 Å². The molecule has 0 aliphatic rings. The van der Waals surface area contributed by atoms with Crippen LogP contribution in [0.5, 0.6) is 5.75 Å². The van der Waals surface area contributed by atoms with Crippen molar-refractivity contribution in [2.45, 2.75) is 19.8 Å². The second-order valence-electron chi connectivity index (χ2n) is 6.12. The van der Waals surface area contributed by atoms with Crippen LogP contribution in [0.4, 0.5) is 5.13 Å². The lowest BCUT2D eigenvalue weighted by atomic mass is 10.1. The SMILES string of the molecule is CCOc1ccc(-c2nnc3sc(NC(=O)CCc4ccccc4)nn23)cc1. The quantitative estimate of drug-likeness (QED) is 0.516. The van der Waals surface area contributed by atoms with Gasteiger partial charge in [-0.3, -0.25) is 4.79 Å². The Kier molecular flexibility index (Phi) is 5.29. The van der Waals surface area contributed by atoms with Crippen molar-refractivity contribution >= 4 is 27.3 Å². The molecule has 1 amide bonds. The van der Waals surface area contributed by atoms with Crippen molar-refractivity contribution in [3.63, 3.8) is 0 Å². The largest absolute Gasteiger partial charge is 0.494 e. The number of carbonyl (C=O) groups is 1. The first-order valence-corrected chi connectivity index (χ1v) is 9.84. The van der Waals surface area contributed by atoms with Gasteiger partial charge in [-0.05, 0) is 43.2 Å². The Balaban J connectivity index is 1.45. The van der Waals surface area contributed by atoms with Gasteiger partial charge in [0, 0.05) is 12.0 Å². The first-order chi connectivity index (χ1) is 13.7. The molecule has 0 atom stereocenters. The highest BCUT2D eigenvalue weighted by Gasteiger charge is 2.15. The van der Waals surface area contributed by atoms with Gasteiger partial charge in [0.05, 0.1) is 6.61 Å². The van der Waals surface area contributed by atoms with Crippen molar-refractivity contribution in [1.82, 2.24) is 19.8 Å². The fourth-order valence-corrected chi connectivity index (χ4v) is 3.55. The molecule has 8 heteroatoms. The number of amides is 1. The lowest BCUT2D eigenvalue weighted by molar-refractivity contribution is -0.116. The molecule has 0 unspecified atom stereocenters. The summed E-state index contributed by atoms with van der Waals surface area (Å²) in [5, 5.41) is 16.2. The van der Waals surface area contributed by atoms with Crippen LogP contribution in [0.15, 0.2) is 54.6 Å². The zero-order valence-electron chi connectivity index (χ0n) is 15.3. The molecule has 142 valence electrons. The molecule has 2 aromatic heterocycles. The first kappa shape index (κ1) is 18.1. The van der Waals surface area contributed by atoms with Gasteiger partial charge in [-0.1, -0.05) is 41.7 Å². The van der Waals surface area contributed by atoms with Crippen molar-refractivity contribution in [2.75, 3.05) is 11.9 Å². The summed E-state index contributed by atoms with van der Waals surface area (Å²) in [6, 6.07) is 17.5. The number of nitrogens with zero attached hydrogens (tertiary/aromatic N) is 4. The van der Waals surface area contributed by atoms with Crippen molar-refractivity contribution in [3.8, 4) is 17.1 Å². The molecule has 2 heterocycles. The summed E-state index contributed by atoms with van der Waals surface area (Å²) in [5.74, 6) is 1.35. The van der Waals surface area contributed by atoms with Gasteiger partial charge in [0.2, 0.25) is 16.0 Å². The number of hydrogen-bond acceptors (Lipinski definition) is 6. The Morgan fingerprint density at radius 1 is 1.11 bits per heavy atom. The van der Waals surface area contributed by atoms with Gasteiger partial charge in [-0.2, -0.15) is 4.52 Å². The average molecular weight is 393 g/mol. The summed E-state index contributed by atoms with van der Waals surface area (Å²) in [7, 11) is 0. The monoisotopic (exact) mass is 393 g/mol. The molecule has 28 heavy (non-hydrogen) atoms. The van der Waals surface area contributed by atoms with Gasteiger partial charge in [-0.15, -0.1) is 15.3 Å². The molecule has 0 saturated carbocycles. The number of ether oxygens (including phenoxy) is 1. The highest BCUT2D eigenvalue weighted by atomic mass is 32.1. The minimum Gasteiger partial charge on any atom is -0.494 e. The van der Waals surface area contributed by atoms with E-state index >= 15 is 0 Å². The van der Waals surface area contributed by atoms with Crippen LogP contribution in [0.25, 0.3) is 16.3 Å². The van der Waals surface area contributed by atoms with Gasteiger partial charge >= 0.3 is 0 Å². The van der Waals surface area contributed by atoms with E-state index in [-0.39, 0.29) is 5.91 Å². The number of aromatic nitrogens is 4. The Bertz CT molecular complexity index is 1070. The molecular formula is C20H19N5O2S. The summed E-state index contributed by atoms with van der Waals surface area (Å²) in [6.07, 6.45) is 1.09. The summed E-state index contributed by atoms with van der Waals surface area (Å²) in [6.45, 7) is 2.56. The third-order valence-corrected chi connectivity index (χ3v) is 4.96. The minimum absolute atomic E-state index is 0.0727. The van der Waals surface area contributed by atoms with Gasteiger partial charge < -0.3 is 10.1 Å². The molecule has 0 aliphatic carbocycles. The normalized spacial score (nSPS) is 10.9. The number of benzene rings is 2. The van der Waals surface area contributed by atoms with Gasteiger partial charge in [0.25, 0.3) is 0 Å². The molecule has 1 N–H and O–H groups in total. The molecule has 0 aliphatic heterocycles. The number of aryl methyl sites for hydroxylation is 1. The van der Waals surface area contributed by atoms with E-state index in [1.165, 1.54) is 11.3 Å². The van der Waals surface area contributed by atoms with Crippen LogP contribution in [0.2, 0.25) is 0 Å². The van der Waals surface area contributed by atoms with Crippen LogP contribution in [0.1, 0.15) is 18.9 Å². The predicted octanol–water partition coefficient (Wildman–Crippen LogP) is 3.82. The highest BCUT2D eigenvalue weighted by molar-refractivity contribution is 7.20. The zero-order chi connectivity index (χ0) is 19.3. The van der Waals surface area contributed by atoms with E-state index in [4.69, 9.17) is 4.74 Å². The van der Waals surface area contributed by atoms with Crippen LogP contribution in [-0.2, 0) is 11.2 Å². The molecular weight excluding hydrogens is 374 g/mol. The van der Waals surface area contributed by atoms with E-state index in [1.807, 2.05) is 61.5 Å². The predicted molar refractivity (Wildman–Crippen MR) is 109 cm³/mol. The second kappa shape index (κ2) is 8.18. The van der Waals surface area contributed by atoms with Crippen molar-refractivity contribution in [1.29, 1.82) is 0 Å². The fourth-order valence-electron chi connectivity index (χ4n) is 2.80. The molecule has 0 radical (unpaired) electrons. The number of anilines is 1. The number of hydrogen-bond donors (Lipinski definition) is 1. The van der Waals surface area contributed by atoms with Crippen LogP contribution < -0.4 is 10.1 Å². The first-order valence-electron chi connectivity index (χ1n) is 9.02. The van der Waals surface area contributed by atoms with Gasteiger partial charge in [-0.25, -0.2) is 0 Å². The maximum Gasteiger partial charge on any atom is 0.236 e. The van der Waals surface area contributed by atoms with E-state index in [9.17, 15) is 4.79 Å². The van der Waals surface area contributed by atoms with Crippen molar-refractivity contribution < 1.29 is 9.53 Å². The molecule has 4 aromatic rings. The summed E-state index contributed by atoms with van der Waals surface area (Å²) < 4.78 is 7.11. The summed E-state index contributed by atoms with van der Waals surface area (Å²) in [5.41, 5.74) is 2.01. The molecule has 7 nitrogen and oxygen atoms in total. The van der Waals surface area contributed by atoms with Crippen LogP contribution in [-0.4, -0.2) is 32.3 Å². The molecule has 2 aromatic carbocycles. The third kappa shape index (κ3) is 4.01. The van der Waals surface area contributed by atoms with Crippen molar-refractivity contribution in [3.05, 3.63) is 60.2 Å². The van der Waals surface area contributed by atoms with Gasteiger partial charge in [0.15, 0.2) is 5.82 Å². The molecule has 4 rings (SSSR count). The third-order valence-electron chi connectivity index (χ3n) is 4.14. The summed E-state index contributed by atoms with van der Waals surface area (Å²) in [4.78, 5) is 12.9. The van der Waals surface area contributed by atoms with E-state index in [1.54, 1.807) is 4.52 Å². The van der Waals surface area contributed by atoms with Crippen LogP contribution >= 0.6 is 11.3 Å². The fraction of sp³-hybridized carbons (Fsp3) is 0.200. The zero-order valence-corrected chi connectivity index (χ0v) is 16.1. The van der Waals surface area contributed by atoms with E-state index in [0.29, 0.717) is 35.4 Å². The Morgan fingerprint density at radius 3 is 2.64 bits per heavy atom. The Hall–Kier alpha value is -3.26. The maximum atomic E-state index is 12.2. The number of rotatable bonds is 7. The number of fused-ring (bicyclic) bond motifs is 1. The van der Waals surface area contributed by atoms with Crippen LogP contribution in [0, 0.1) is 0 Å². The lowest BCUT2D eigenvalue weighted by Gasteiger charge is -2.03. The van der Waals surface area contributed by atoms with Crippen molar-refractivity contribution in [2.24, 2.45) is 0 Å². The standard InChI is InChI=1S/C20H19N5O2S/c1-2-27-16-11-9-15(10-12-16)18-22-23-20-25(18)24-19(28-20)21-17(26)13-8-14-6-4-3-5-7-14/h3-7,9-12H,2,8,13H2,1H3,(H,21,24,26). The smallest absolute Gasteiger partial charge is 0.236 e. The van der Waals surface area contributed by atoms with Crippen LogP contribution in [0.3, 0.4) is 0 Å². The maximum absolute atomic E-state index is 12.2. The summed E-state index contributed by atoms with van der Waals surface area (Å²) >= 11 is 1.30. The molecule has 0 spiro atoms. The molecule has 0 saturated heterocycles. The average Bonchev–Trinajstić information content (AvgIpc) is 3.28. The molecule has 0 fully saturated rings. The lowest BCUT2D eigenvalue weighted by Crippen LogP contribution is -2.12. The minimum atomic E-state index is -0.0727. The van der Waals surface area contributed by atoms with E-state index in [2.05, 4.69) is 20.6 Å². The Labute approximate surface area is 166 Å². The molecule has 0 bridgehead atoms. The Morgan fingerprint density at radius 2 is 1.89 bits per heavy atom.